The normalized spacial score (nSPS) is 27.7. The highest BCUT2D eigenvalue weighted by Crippen LogP contribution is 2.41. The summed E-state index contributed by atoms with van der Waals surface area (Å²) < 4.78 is 0. The zero-order valence-electron chi connectivity index (χ0n) is 12.5. The number of aliphatic carboxylic acids is 1. The van der Waals surface area contributed by atoms with Gasteiger partial charge in [-0.3, -0.25) is 4.79 Å². The third kappa shape index (κ3) is 3.11. The monoisotopic (exact) mass is 268 g/mol. The first-order valence-corrected chi connectivity index (χ1v) is 7.70. The van der Waals surface area contributed by atoms with Crippen LogP contribution in [0.5, 0.6) is 0 Å². The minimum Gasteiger partial charge on any atom is -0.480 e. The van der Waals surface area contributed by atoms with Crippen LogP contribution in [-0.2, 0) is 4.79 Å². The van der Waals surface area contributed by atoms with Crippen LogP contribution in [-0.4, -0.2) is 47.7 Å². The molecule has 2 fully saturated rings. The van der Waals surface area contributed by atoms with Crippen LogP contribution in [0, 0.1) is 17.8 Å². The lowest BCUT2D eigenvalue weighted by molar-refractivity contribution is -0.146. The van der Waals surface area contributed by atoms with E-state index in [1.54, 1.807) is 0 Å². The van der Waals surface area contributed by atoms with Crippen molar-refractivity contribution in [2.24, 2.45) is 17.8 Å². The summed E-state index contributed by atoms with van der Waals surface area (Å²) in [5, 5.41) is 13.0. The maximum absolute atomic E-state index is 11.8. The minimum atomic E-state index is -0.708. The molecule has 110 valence electrons. The Morgan fingerprint density at radius 2 is 2.11 bits per heavy atom. The van der Waals surface area contributed by atoms with Gasteiger partial charge in [0, 0.05) is 13.1 Å². The zero-order valence-corrected chi connectivity index (χ0v) is 12.5. The Hall–Kier alpha value is -0.610. The lowest BCUT2D eigenvalue weighted by Gasteiger charge is -2.34. The number of carboxylic acids is 1. The number of hydrogen-bond acceptors (Lipinski definition) is 3. The molecule has 19 heavy (non-hydrogen) atoms. The van der Waals surface area contributed by atoms with Crippen molar-refractivity contribution in [2.45, 2.75) is 45.6 Å². The van der Waals surface area contributed by atoms with E-state index < -0.39 is 11.5 Å². The molecule has 1 saturated carbocycles. The maximum atomic E-state index is 11.8. The molecule has 4 nitrogen and oxygen atoms in total. The van der Waals surface area contributed by atoms with Gasteiger partial charge in [0.25, 0.3) is 0 Å². The largest absolute Gasteiger partial charge is 0.480 e. The van der Waals surface area contributed by atoms with Gasteiger partial charge in [-0.15, -0.1) is 0 Å². The predicted octanol–water partition coefficient (Wildman–Crippen LogP) is 1.81. The molecule has 2 aliphatic rings. The molecule has 1 aliphatic heterocycles. The summed E-state index contributed by atoms with van der Waals surface area (Å²) in [4.78, 5) is 14.2. The van der Waals surface area contributed by atoms with Crippen LogP contribution < -0.4 is 5.32 Å². The summed E-state index contributed by atoms with van der Waals surface area (Å²) in [5.74, 6) is 1.09. The summed E-state index contributed by atoms with van der Waals surface area (Å²) in [7, 11) is 0. The van der Waals surface area contributed by atoms with Gasteiger partial charge in [-0.1, -0.05) is 20.8 Å². The van der Waals surface area contributed by atoms with E-state index in [-0.39, 0.29) is 0 Å². The van der Waals surface area contributed by atoms with Gasteiger partial charge in [-0.2, -0.15) is 0 Å². The molecule has 2 unspecified atom stereocenters. The van der Waals surface area contributed by atoms with Gasteiger partial charge in [0.15, 0.2) is 0 Å². The Morgan fingerprint density at radius 1 is 1.42 bits per heavy atom. The van der Waals surface area contributed by atoms with Gasteiger partial charge < -0.3 is 15.3 Å². The summed E-state index contributed by atoms with van der Waals surface area (Å²) in [6.45, 7) is 10.0. The standard InChI is InChI=1S/C15H28N2O2/c1-4-16-15(14(18)19,13-5-6-13)10-17-8-7-12(9-17)11(2)3/h11-13,16H,4-10H2,1-3H3,(H,18,19). The number of hydrogen-bond donors (Lipinski definition) is 2. The molecule has 0 amide bonds. The van der Waals surface area contributed by atoms with Gasteiger partial charge in [-0.25, -0.2) is 0 Å². The quantitative estimate of drug-likeness (QED) is 0.739. The third-order valence-corrected chi connectivity index (χ3v) is 4.87. The van der Waals surface area contributed by atoms with Gasteiger partial charge in [0.2, 0.25) is 0 Å². The van der Waals surface area contributed by atoms with Crippen LogP contribution in [0.2, 0.25) is 0 Å². The van der Waals surface area contributed by atoms with Crippen molar-refractivity contribution >= 4 is 5.97 Å². The molecule has 0 radical (unpaired) electrons. The molecule has 0 aromatic rings. The zero-order chi connectivity index (χ0) is 14.0. The lowest BCUT2D eigenvalue weighted by Crippen LogP contribution is -2.60. The average Bonchev–Trinajstić information content (AvgIpc) is 3.09. The molecular weight excluding hydrogens is 240 g/mol. The van der Waals surface area contributed by atoms with E-state index >= 15 is 0 Å². The summed E-state index contributed by atoms with van der Waals surface area (Å²) in [6.07, 6.45) is 3.33. The number of nitrogens with zero attached hydrogens (tertiary/aromatic N) is 1. The van der Waals surface area contributed by atoms with Crippen LogP contribution >= 0.6 is 0 Å². The minimum absolute atomic E-state index is 0.322. The van der Waals surface area contributed by atoms with Crippen LogP contribution in [0.25, 0.3) is 0 Å². The molecule has 0 aromatic heterocycles. The van der Waals surface area contributed by atoms with E-state index in [1.165, 1.54) is 6.42 Å². The number of carbonyl (C=O) groups is 1. The Balaban J connectivity index is 2.02. The van der Waals surface area contributed by atoms with Crippen molar-refractivity contribution < 1.29 is 9.90 Å². The summed E-state index contributed by atoms with van der Waals surface area (Å²) >= 11 is 0. The first-order chi connectivity index (χ1) is 8.99. The fraction of sp³-hybridized carbons (Fsp3) is 0.933. The predicted molar refractivity (Wildman–Crippen MR) is 76.2 cm³/mol. The Kier molecular flexibility index (Phi) is 4.51. The molecule has 1 aliphatic carbocycles. The van der Waals surface area contributed by atoms with Crippen molar-refractivity contribution in [1.82, 2.24) is 10.2 Å². The highest BCUT2D eigenvalue weighted by molar-refractivity contribution is 5.80. The van der Waals surface area contributed by atoms with Crippen molar-refractivity contribution in [1.29, 1.82) is 0 Å². The Morgan fingerprint density at radius 3 is 2.53 bits per heavy atom. The second-order valence-electron chi connectivity index (χ2n) is 6.61. The second kappa shape index (κ2) is 5.80. The molecule has 2 atom stereocenters. The molecule has 1 heterocycles. The SMILES string of the molecule is CCNC(CN1CCC(C(C)C)C1)(C(=O)O)C1CC1. The molecular formula is C15H28N2O2. The number of nitrogens with one attached hydrogen (secondary N) is 1. The topological polar surface area (TPSA) is 52.6 Å². The van der Waals surface area contributed by atoms with Crippen molar-refractivity contribution in [3.8, 4) is 0 Å². The Bertz CT molecular complexity index is 328. The maximum Gasteiger partial charge on any atom is 0.325 e. The van der Waals surface area contributed by atoms with E-state index in [2.05, 4.69) is 24.1 Å². The van der Waals surface area contributed by atoms with Crippen molar-refractivity contribution in [3.63, 3.8) is 0 Å². The van der Waals surface area contributed by atoms with E-state index in [1.807, 2.05) is 6.92 Å². The molecule has 2 N–H and O–H groups in total. The fourth-order valence-electron chi connectivity index (χ4n) is 3.44. The lowest BCUT2D eigenvalue weighted by atomic mass is 9.92. The molecule has 1 saturated heterocycles. The Labute approximate surface area is 116 Å². The average molecular weight is 268 g/mol. The van der Waals surface area contributed by atoms with Gasteiger partial charge in [0.05, 0.1) is 0 Å². The number of rotatable bonds is 7. The first kappa shape index (κ1) is 14.8. The third-order valence-electron chi connectivity index (χ3n) is 4.87. The molecule has 0 spiro atoms. The molecule has 0 bridgehead atoms. The summed E-state index contributed by atoms with van der Waals surface area (Å²) in [5.41, 5.74) is -0.708. The van der Waals surface area contributed by atoms with Crippen LogP contribution in [0.3, 0.4) is 0 Å². The van der Waals surface area contributed by atoms with E-state index in [0.717, 1.165) is 38.4 Å². The first-order valence-electron chi connectivity index (χ1n) is 7.70. The van der Waals surface area contributed by atoms with Gasteiger partial charge >= 0.3 is 5.97 Å². The highest BCUT2D eigenvalue weighted by atomic mass is 16.4. The number of carboxylic acid groups (broad SMARTS) is 1. The van der Waals surface area contributed by atoms with Gasteiger partial charge in [0.1, 0.15) is 5.54 Å². The van der Waals surface area contributed by atoms with Crippen molar-refractivity contribution in [3.05, 3.63) is 0 Å². The van der Waals surface area contributed by atoms with Crippen molar-refractivity contribution in [2.75, 3.05) is 26.2 Å². The smallest absolute Gasteiger partial charge is 0.325 e. The highest BCUT2D eigenvalue weighted by Gasteiger charge is 2.52. The summed E-state index contributed by atoms with van der Waals surface area (Å²) in [6, 6.07) is 0. The molecule has 2 rings (SSSR count). The van der Waals surface area contributed by atoms with Gasteiger partial charge in [-0.05, 0) is 50.1 Å². The molecule has 0 aromatic carbocycles. The second-order valence-corrected chi connectivity index (χ2v) is 6.61. The number of likely N-dealkylation sites (N-methyl/N-ethyl adjacent to an activating group) is 1. The van der Waals surface area contributed by atoms with E-state index in [0.29, 0.717) is 18.4 Å². The van der Waals surface area contributed by atoms with E-state index in [9.17, 15) is 9.90 Å². The van der Waals surface area contributed by atoms with E-state index in [4.69, 9.17) is 0 Å². The molecule has 4 heteroatoms. The number of likely N-dealkylation sites (tertiary alicyclic amines) is 1. The van der Waals surface area contributed by atoms with Crippen LogP contribution in [0.4, 0.5) is 0 Å². The van der Waals surface area contributed by atoms with Crippen LogP contribution in [0.15, 0.2) is 0 Å². The van der Waals surface area contributed by atoms with Crippen LogP contribution in [0.1, 0.15) is 40.0 Å². The fourth-order valence-corrected chi connectivity index (χ4v) is 3.44.